The maximum atomic E-state index is 15.0. The Morgan fingerprint density at radius 3 is 2.91 bits per heavy atom. The third-order valence-electron chi connectivity index (χ3n) is 5.73. The number of nitrogens with zero attached hydrogens (tertiary/aromatic N) is 4. The van der Waals surface area contributed by atoms with E-state index in [2.05, 4.69) is 15.4 Å². The summed E-state index contributed by atoms with van der Waals surface area (Å²) in [6.07, 6.45) is 3.58. The Morgan fingerprint density at radius 1 is 1.28 bits per heavy atom. The molecule has 1 amide bonds. The Kier molecular flexibility index (Phi) is 6.96. The molecule has 1 N–H and O–H groups in total. The Balaban J connectivity index is 1.38. The monoisotopic (exact) mass is 441 g/mol. The normalized spacial score (nSPS) is 19.7. The molecule has 0 saturated carbocycles. The number of ether oxygens (including phenoxy) is 1. The van der Waals surface area contributed by atoms with Gasteiger partial charge in [0.2, 0.25) is 0 Å². The van der Waals surface area contributed by atoms with E-state index in [0.29, 0.717) is 50.4 Å². The zero-order valence-corrected chi connectivity index (χ0v) is 18.2. The van der Waals surface area contributed by atoms with E-state index >= 15 is 4.39 Å². The number of anilines is 2. The van der Waals surface area contributed by atoms with Gasteiger partial charge in [0.25, 0.3) is 0 Å². The van der Waals surface area contributed by atoms with Crippen molar-refractivity contribution in [2.45, 2.75) is 32.4 Å². The van der Waals surface area contributed by atoms with Crippen molar-refractivity contribution in [3.05, 3.63) is 54.1 Å². The minimum absolute atomic E-state index is 0.0563. The highest BCUT2D eigenvalue weighted by atomic mass is 19.1. The lowest BCUT2D eigenvalue weighted by Crippen LogP contribution is -2.38. The van der Waals surface area contributed by atoms with Crippen molar-refractivity contribution in [3.63, 3.8) is 0 Å². The molecular formula is C23H28FN5O3. The molecule has 2 fully saturated rings. The number of carbonyl (C=O) groups is 2. The minimum Gasteiger partial charge on any atom is -0.444 e. The predicted molar refractivity (Wildman–Crippen MR) is 119 cm³/mol. The van der Waals surface area contributed by atoms with E-state index in [1.54, 1.807) is 18.3 Å². The van der Waals surface area contributed by atoms with Crippen molar-refractivity contribution in [2.75, 3.05) is 42.5 Å². The van der Waals surface area contributed by atoms with Crippen LogP contribution in [0.5, 0.6) is 0 Å². The molecule has 1 atom stereocenters. The first-order valence-electron chi connectivity index (χ1n) is 10.9. The van der Waals surface area contributed by atoms with Crippen molar-refractivity contribution in [3.8, 4) is 0 Å². The van der Waals surface area contributed by atoms with Gasteiger partial charge in [-0.05, 0) is 43.2 Å². The molecule has 9 heteroatoms. The summed E-state index contributed by atoms with van der Waals surface area (Å²) in [4.78, 5) is 31.0. The number of nitrogens with one attached hydrogen (secondary N) is 1. The van der Waals surface area contributed by atoms with Gasteiger partial charge in [-0.3, -0.25) is 15.3 Å². The summed E-state index contributed by atoms with van der Waals surface area (Å²) in [7, 11) is 0. The van der Waals surface area contributed by atoms with E-state index in [0.717, 1.165) is 18.7 Å². The molecule has 0 radical (unpaired) electrons. The maximum Gasteiger partial charge on any atom is 0.414 e. The van der Waals surface area contributed by atoms with Crippen LogP contribution in [-0.2, 0) is 16.1 Å². The SMILES string of the molecule is CC(=O)CC[C@H]1CN(c2ccc(N3CCNN(Cc4cccnc4)CC3)c(F)c2)C(=O)O1. The van der Waals surface area contributed by atoms with Crippen LogP contribution in [0.3, 0.4) is 0 Å². The molecule has 2 aliphatic rings. The molecular weight excluding hydrogens is 413 g/mol. The second-order valence-electron chi connectivity index (χ2n) is 8.17. The number of halogens is 1. The van der Waals surface area contributed by atoms with Gasteiger partial charge in [-0.15, -0.1) is 0 Å². The van der Waals surface area contributed by atoms with Gasteiger partial charge in [0.15, 0.2) is 0 Å². The molecule has 170 valence electrons. The average molecular weight is 442 g/mol. The number of carbonyl (C=O) groups excluding carboxylic acids is 2. The number of amides is 1. The fraction of sp³-hybridized carbons (Fsp3) is 0.435. The molecule has 1 aromatic carbocycles. The van der Waals surface area contributed by atoms with Gasteiger partial charge in [-0.2, -0.15) is 0 Å². The molecule has 0 spiro atoms. The standard InChI is InChI=1S/C23H28FN5O3/c1-17(30)4-6-20-16-29(23(31)32-20)19-5-7-22(21(24)13-19)27-10-9-26-28(12-11-27)15-18-3-2-8-25-14-18/h2-3,5,7-8,13-14,20,26H,4,6,9-12,15-16H2,1H3/t20-/m0/s1. The Morgan fingerprint density at radius 2 is 2.16 bits per heavy atom. The largest absolute Gasteiger partial charge is 0.444 e. The van der Waals surface area contributed by atoms with E-state index in [1.807, 2.05) is 23.2 Å². The zero-order chi connectivity index (χ0) is 22.5. The topological polar surface area (TPSA) is 78.0 Å². The van der Waals surface area contributed by atoms with E-state index in [1.165, 1.54) is 17.9 Å². The fourth-order valence-electron chi connectivity index (χ4n) is 4.03. The first-order valence-corrected chi connectivity index (χ1v) is 10.9. The van der Waals surface area contributed by atoms with Gasteiger partial charge >= 0.3 is 6.09 Å². The lowest BCUT2D eigenvalue weighted by atomic mass is 10.1. The highest BCUT2D eigenvalue weighted by Gasteiger charge is 2.32. The van der Waals surface area contributed by atoms with Crippen LogP contribution in [0.15, 0.2) is 42.7 Å². The van der Waals surface area contributed by atoms with Gasteiger partial charge in [-0.1, -0.05) is 6.07 Å². The number of hydrazine groups is 1. The van der Waals surface area contributed by atoms with Crippen LogP contribution in [0, 0.1) is 5.82 Å². The second-order valence-corrected chi connectivity index (χ2v) is 8.17. The molecule has 0 aliphatic carbocycles. The van der Waals surface area contributed by atoms with Crippen LogP contribution in [0.25, 0.3) is 0 Å². The number of aromatic nitrogens is 1. The third kappa shape index (κ3) is 5.41. The van der Waals surface area contributed by atoms with E-state index in [9.17, 15) is 9.59 Å². The summed E-state index contributed by atoms with van der Waals surface area (Å²) in [5.41, 5.74) is 5.48. The van der Waals surface area contributed by atoms with E-state index in [4.69, 9.17) is 4.74 Å². The molecule has 0 bridgehead atoms. The summed E-state index contributed by atoms with van der Waals surface area (Å²) in [6.45, 7) is 5.32. The first kappa shape index (κ1) is 22.2. The average Bonchev–Trinajstić information content (AvgIpc) is 3.00. The molecule has 3 heterocycles. The lowest BCUT2D eigenvalue weighted by molar-refractivity contribution is -0.117. The quantitative estimate of drug-likeness (QED) is 0.708. The zero-order valence-electron chi connectivity index (χ0n) is 18.2. The molecule has 4 rings (SSSR count). The lowest BCUT2D eigenvalue weighted by Gasteiger charge is -2.24. The Labute approximate surface area is 186 Å². The second kappa shape index (κ2) is 10.1. The van der Waals surface area contributed by atoms with Crippen LogP contribution in [-0.4, -0.2) is 60.7 Å². The van der Waals surface area contributed by atoms with E-state index < -0.39 is 6.09 Å². The summed E-state index contributed by atoms with van der Waals surface area (Å²) in [6, 6.07) is 8.80. The molecule has 2 aliphatic heterocycles. The Bertz CT molecular complexity index is 958. The van der Waals surface area contributed by atoms with Gasteiger partial charge in [0.1, 0.15) is 17.7 Å². The summed E-state index contributed by atoms with van der Waals surface area (Å²) >= 11 is 0. The van der Waals surface area contributed by atoms with Crippen LogP contribution in [0.2, 0.25) is 0 Å². The summed E-state index contributed by atoms with van der Waals surface area (Å²) < 4.78 is 20.4. The van der Waals surface area contributed by atoms with Gasteiger partial charge in [-0.25, -0.2) is 14.2 Å². The van der Waals surface area contributed by atoms with Crippen molar-refractivity contribution in [1.82, 2.24) is 15.4 Å². The van der Waals surface area contributed by atoms with E-state index in [-0.39, 0.29) is 17.7 Å². The van der Waals surface area contributed by atoms with Gasteiger partial charge < -0.3 is 14.4 Å². The first-order chi connectivity index (χ1) is 15.5. The molecule has 2 aromatic rings. The molecule has 2 saturated heterocycles. The number of pyridine rings is 1. The molecule has 32 heavy (non-hydrogen) atoms. The fourth-order valence-corrected chi connectivity index (χ4v) is 4.03. The molecule has 8 nitrogen and oxygen atoms in total. The number of cyclic esters (lactones) is 1. The highest BCUT2D eigenvalue weighted by Crippen LogP contribution is 2.29. The summed E-state index contributed by atoms with van der Waals surface area (Å²) in [5, 5.41) is 2.12. The molecule has 0 unspecified atom stereocenters. The smallest absolute Gasteiger partial charge is 0.414 e. The number of ketones is 1. The van der Waals surface area contributed by atoms with Crippen molar-refractivity contribution in [2.24, 2.45) is 0 Å². The maximum absolute atomic E-state index is 15.0. The number of rotatable bonds is 7. The number of Topliss-reactive ketones (excluding diaryl/α,β-unsaturated/α-hetero) is 1. The molecule has 1 aromatic heterocycles. The number of benzene rings is 1. The van der Waals surface area contributed by atoms with Crippen molar-refractivity contribution >= 4 is 23.3 Å². The highest BCUT2D eigenvalue weighted by molar-refractivity contribution is 5.90. The third-order valence-corrected chi connectivity index (χ3v) is 5.73. The number of hydrogen-bond donors (Lipinski definition) is 1. The van der Waals surface area contributed by atoms with Gasteiger partial charge in [0.05, 0.1) is 17.9 Å². The van der Waals surface area contributed by atoms with Crippen LogP contribution < -0.4 is 15.2 Å². The summed E-state index contributed by atoms with van der Waals surface area (Å²) in [5.74, 6) is -0.316. The van der Waals surface area contributed by atoms with Gasteiger partial charge in [0, 0.05) is 51.5 Å². The van der Waals surface area contributed by atoms with Crippen LogP contribution >= 0.6 is 0 Å². The van der Waals surface area contributed by atoms with Crippen molar-refractivity contribution in [1.29, 1.82) is 0 Å². The number of hydrogen-bond acceptors (Lipinski definition) is 7. The minimum atomic E-state index is -0.504. The predicted octanol–water partition coefficient (Wildman–Crippen LogP) is 2.74. The Hall–Kier alpha value is -3.04. The van der Waals surface area contributed by atoms with Crippen LogP contribution in [0.4, 0.5) is 20.6 Å². The van der Waals surface area contributed by atoms with Crippen LogP contribution in [0.1, 0.15) is 25.3 Å². The van der Waals surface area contributed by atoms with Crippen molar-refractivity contribution < 1.29 is 18.7 Å².